The van der Waals surface area contributed by atoms with E-state index in [-0.39, 0.29) is 0 Å². The quantitative estimate of drug-likeness (QED) is 0.848. The molecular formula is C20H24N2O+2. The molecule has 1 fully saturated rings. The fourth-order valence-corrected chi connectivity index (χ4v) is 2.96. The third-order valence-electron chi connectivity index (χ3n) is 4.35. The molecule has 1 N–H and O–H groups in total. The number of aryl methyl sites for hydroxylation is 2. The van der Waals surface area contributed by atoms with Crippen molar-refractivity contribution in [2.45, 2.75) is 25.4 Å². The van der Waals surface area contributed by atoms with Crippen LogP contribution in [0.1, 0.15) is 30.4 Å². The van der Waals surface area contributed by atoms with Crippen LogP contribution in [0.4, 0.5) is 0 Å². The van der Waals surface area contributed by atoms with Gasteiger partial charge in [-0.15, -0.1) is 0 Å². The Morgan fingerprint density at radius 2 is 1.22 bits per heavy atom. The molecule has 0 radical (unpaired) electrons. The Balaban J connectivity index is 1.84. The van der Waals surface area contributed by atoms with Gasteiger partial charge in [-0.3, -0.25) is 0 Å². The molecule has 23 heavy (non-hydrogen) atoms. The van der Waals surface area contributed by atoms with E-state index in [0.29, 0.717) is 0 Å². The van der Waals surface area contributed by atoms with Gasteiger partial charge in [-0.25, -0.2) is 9.13 Å². The normalized spacial score (nSPS) is 21.8. The molecule has 0 spiro atoms. The molecule has 0 bridgehead atoms. The third kappa shape index (κ3) is 3.93. The van der Waals surface area contributed by atoms with Gasteiger partial charge in [-0.2, -0.15) is 0 Å². The Morgan fingerprint density at radius 1 is 0.826 bits per heavy atom. The zero-order valence-electron chi connectivity index (χ0n) is 13.8. The highest BCUT2D eigenvalue weighted by Gasteiger charge is 2.21. The molecular weight excluding hydrogens is 284 g/mol. The molecule has 0 aliphatic heterocycles. The van der Waals surface area contributed by atoms with Crippen LogP contribution in [0.15, 0.2) is 60.2 Å². The summed E-state index contributed by atoms with van der Waals surface area (Å²) in [5.41, 5.74) is 4.51. The molecule has 0 saturated heterocycles. The summed E-state index contributed by atoms with van der Waals surface area (Å²) in [6.45, 7) is 0. The van der Waals surface area contributed by atoms with E-state index in [1.807, 2.05) is 48.0 Å². The average Bonchev–Trinajstić information content (AvgIpc) is 2.55. The van der Waals surface area contributed by atoms with Gasteiger partial charge in [0.05, 0.1) is 6.10 Å². The topological polar surface area (TPSA) is 28.0 Å². The van der Waals surface area contributed by atoms with Crippen molar-refractivity contribution in [3.63, 3.8) is 0 Å². The molecule has 0 atom stereocenters. The maximum absolute atomic E-state index is 10.7. The Hall–Kier alpha value is -2.26. The lowest BCUT2D eigenvalue weighted by atomic mass is 9.85. The lowest BCUT2D eigenvalue weighted by Gasteiger charge is -2.24. The number of nitrogens with zero attached hydrogens (tertiary/aromatic N) is 2. The van der Waals surface area contributed by atoms with Gasteiger partial charge in [-0.05, 0) is 41.5 Å². The fourth-order valence-electron chi connectivity index (χ4n) is 2.96. The molecule has 0 aromatic carbocycles. The van der Waals surface area contributed by atoms with Crippen molar-refractivity contribution in [2.24, 2.45) is 14.1 Å². The first-order valence-electron chi connectivity index (χ1n) is 8.11. The number of rotatable bonds is 2. The highest BCUT2D eigenvalue weighted by molar-refractivity contribution is 5.60. The van der Waals surface area contributed by atoms with E-state index >= 15 is 0 Å². The van der Waals surface area contributed by atoms with Crippen molar-refractivity contribution in [3.05, 3.63) is 71.3 Å². The Labute approximate surface area is 137 Å². The van der Waals surface area contributed by atoms with Crippen LogP contribution in [0, 0.1) is 0 Å². The predicted octanol–water partition coefficient (Wildman–Crippen LogP) is 2.35. The first kappa shape index (κ1) is 15.6. The van der Waals surface area contributed by atoms with Crippen molar-refractivity contribution < 1.29 is 14.2 Å². The zero-order chi connectivity index (χ0) is 16.2. The molecule has 2 aromatic heterocycles. The minimum atomic E-state index is -0.466. The number of hydrogen-bond acceptors (Lipinski definition) is 1. The van der Waals surface area contributed by atoms with Gasteiger partial charge in [0.15, 0.2) is 24.8 Å². The second kappa shape index (κ2) is 6.88. The number of aromatic nitrogens is 2. The summed E-state index contributed by atoms with van der Waals surface area (Å²) in [4.78, 5) is 0. The van der Waals surface area contributed by atoms with Gasteiger partial charge in [-0.1, -0.05) is 12.2 Å². The molecule has 3 nitrogen and oxygen atoms in total. The van der Waals surface area contributed by atoms with Crippen LogP contribution < -0.4 is 9.13 Å². The minimum absolute atomic E-state index is 0.466. The summed E-state index contributed by atoms with van der Waals surface area (Å²) in [5.74, 6) is 0. The minimum Gasteiger partial charge on any atom is -0.384 e. The van der Waals surface area contributed by atoms with Gasteiger partial charge in [0.1, 0.15) is 14.1 Å². The van der Waals surface area contributed by atoms with E-state index in [0.717, 1.165) is 41.5 Å². The van der Waals surface area contributed by atoms with E-state index in [9.17, 15) is 5.11 Å². The molecule has 1 aliphatic rings. The van der Waals surface area contributed by atoms with E-state index in [1.54, 1.807) is 0 Å². The van der Waals surface area contributed by atoms with Crippen molar-refractivity contribution in [1.82, 2.24) is 0 Å². The summed E-state index contributed by atoms with van der Waals surface area (Å²) in [5, 5.41) is 10.7. The number of pyridine rings is 2. The molecule has 3 heteroatoms. The van der Waals surface area contributed by atoms with Crippen molar-refractivity contribution >= 4 is 12.2 Å². The molecule has 1 saturated carbocycles. The second-order valence-corrected chi connectivity index (χ2v) is 6.29. The first-order valence-corrected chi connectivity index (χ1v) is 8.11. The smallest absolute Gasteiger partial charge is 0.169 e. The predicted molar refractivity (Wildman–Crippen MR) is 91.0 cm³/mol. The third-order valence-corrected chi connectivity index (χ3v) is 4.35. The van der Waals surface area contributed by atoms with Gasteiger partial charge >= 0.3 is 0 Å². The van der Waals surface area contributed by atoms with Gasteiger partial charge in [0.2, 0.25) is 0 Å². The number of hydrogen-bond donors (Lipinski definition) is 1. The highest BCUT2D eigenvalue weighted by atomic mass is 16.3. The van der Waals surface area contributed by atoms with Gasteiger partial charge in [0, 0.05) is 24.3 Å². The molecule has 0 unspecified atom stereocenters. The van der Waals surface area contributed by atoms with E-state index in [1.165, 1.54) is 0 Å². The molecule has 2 heterocycles. The molecule has 1 aliphatic carbocycles. The summed E-state index contributed by atoms with van der Waals surface area (Å²) in [6, 6.07) is 8.31. The van der Waals surface area contributed by atoms with Crippen molar-refractivity contribution in [1.29, 1.82) is 0 Å². The maximum Gasteiger partial charge on any atom is 0.169 e. The summed E-state index contributed by atoms with van der Waals surface area (Å²) in [7, 11) is 4.01. The average molecular weight is 308 g/mol. The first-order chi connectivity index (χ1) is 11.1. The largest absolute Gasteiger partial charge is 0.384 e. The van der Waals surface area contributed by atoms with Gasteiger partial charge in [0.25, 0.3) is 0 Å². The van der Waals surface area contributed by atoms with Crippen molar-refractivity contribution in [2.75, 3.05) is 0 Å². The van der Waals surface area contributed by atoms with Crippen LogP contribution in [-0.2, 0) is 14.1 Å². The zero-order valence-corrected chi connectivity index (χ0v) is 13.8. The van der Waals surface area contributed by atoms with E-state index in [4.69, 9.17) is 0 Å². The van der Waals surface area contributed by atoms with Crippen molar-refractivity contribution in [3.8, 4) is 0 Å². The van der Waals surface area contributed by atoms with Crippen LogP contribution in [0.2, 0.25) is 0 Å². The lowest BCUT2D eigenvalue weighted by molar-refractivity contribution is -0.671. The molecule has 0 amide bonds. The van der Waals surface area contributed by atoms with Crippen LogP contribution in [-0.4, -0.2) is 11.2 Å². The molecule has 2 aromatic rings. The van der Waals surface area contributed by atoms with Gasteiger partial charge < -0.3 is 5.11 Å². The summed E-state index contributed by atoms with van der Waals surface area (Å²) < 4.78 is 4.03. The maximum atomic E-state index is 10.7. The van der Waals surface area contributed by atoms with Crippen LogP contribution >= 0.6 is 0 Å². The van der Waals surface area contributed by atoms with E-state index in [2.05, 4.69) is 36.4 Å². The van der Waals surface area contributed by atoms with Crippen LogP contribution in [0.5, 0.6) is 0 Å². The Kier molecular flexibility index (Phi) is 4.68. The number of aliphatic hydroxyl groups excluding tert-OH is 1. The lowest BCUT2D eigenvalue weighted by Crippen LogP contribution is -2.26. The fraction of sp³-hybridized carbons (Fsp3) is 0.300. The molecule has 118 valence electrons. The standard InChI is InChI=1S/C20H24N2O/c1-21-10-6-16(7-11-21)14-18-4-3-5-19(20(18)23)15-17-8-12-22(2)13-9-17/h6-15,20,23H,3-5H2,1-2H3/q+2. The van der Waals surface area contributed by atoms with Crippen LogP contribution in [0.3, 0.4) is 0 Å². The Bertz CT molecular complexity index is 664. The monoisotopic (exact) mass is 308 g/mol. The Morgan fingerprint density at radius 3 is 1.61 bits per heavy atom. The highest BCUT2D eigenvalue weighted by Crippen LogP contribution is 2.31. The SMILES string of the molecule is C[n+]1ccc(C=C2CCCC(=Cc3cc[n+](C)cc3)C2O)cc1. The second-order valence-electron chi connectivity index (χ2n) is 6.29. The molecule has 3 rings (SSSR count). The van der Waals surface area contributed by atoms with Crippen LogP contribution in [0.25, 0.3) is 12.2 Å². The number of aliphatic hydroxyl groups is 1. The summed E-state index contributed by atoms with van der Waals surface area (Å²) >= 11 is 0. The van der Waals surface area contributed by atoms with E-state index < -0.39 is 6.10 Å². The summed E-state index contributed by atoms with van der Waals surface area (Å²) in [6.07, 6.45) is 14.9.